The Balaban J connectivity index is 1.78. The van der Waals surface area contributed by atoms with Crippen molar-refractivity contribution in [3.8, 4) is 0 Å². The third-order valence-electron chi connectivity index (χ3n) is 2.94. The normalized spacial score (nSPS) is 12.2. The zero-order valence-corrected chi connectivity index (χ0v) is 14.0. The number of unbranched alkanes of at least 4 members (excludes halogenated alkanes) is 2. The van der Waals surface area contributed by atoms with Crippen LogP contribution in [0.5, 0.6) is 0 Å². The van der Waals surface area contributed by atoms with Crippen molar-refractivity contribution in [1.29, 1.82) is 0 Å². The number of fused-ring (bicyclic) bond motifs is 1. The molecule has 2 aromatic rings. The van der Waals surface area contributed by atoms with E-state index in [1.807, 2.05) is 4.57 Å². The summed E-state index contributed by atoms with van der Waals surface area (Å²) in [6.07, 6.45) is 6.59. The van der Waals surface area contributed by atoms with E-state index in [-0.39, 0.29) is 0 Å². The first-order valence-electron chi connectivity index (χ1n) is 6.93. The van der Waals surface area contributed by atoms with Gasteiger partial charge >= 0.3 is 0 Å². The number of hydrogen-bond acceptors (Lipinski definition) is 4. The molecule has 20 heavy (non-hydrogen) atoms. The van der Waals surface area contributed by atoms with Crippen LogP contribution in [0.4, 0.5) is 0 Å². The molecule has 0 unspecified atom stereocenters. The Kier molecular flexibility index (Phi) is 5.12. The Labute approximate surface area is 125 Å². The van der Waals surface area contributed by atoms with Crippen molar-refractivity contribution in [3.05, 3.63) is 17.8 Å². The number of aryl methyl sites for hydroxylation is 1. The van der Waals surface area contributed by atoms with E-state index < -0.39 is 8.32 Å². The smallest absolute Gasteiger partial charge is 0.183 e. The van der Waals surface area contributed by atoms with E-state index in [0.29, 0.717) is 10.7 Å². The number of nitrogens with zero attached hydrogens (tertiary/aromatic N) is 4. The Hall–Kier alpha value is -0.983. The Bertz CT molecular complexity index is 567. The molecule has 2 aromatic heterocycles. The fourth-order valence-electron chi connectivity index (χ4n) is 1.96. The number of imidazole rings is 1. The first kappa shape index (κ1) is 15.4. The summed E-state index contributed by atoms with van der Waals surface area (Å²) in [5.41, 5.74) is 1.49. The van der Waals surface area contributed by atoms with Gasteiger partial charge in [-0.3, -0.25) is 0 Å². The molecule has 0 spiro atoms. The van der Waals surface area contributed by atoms with E-state index in [0.717, 1.165) is 38.1 Å². The summed E-state index contributed by atoms with van der Waals surface area (Å²) in [6.45, 7) is 8.42. The molecule has 0 fully saturated rings. The average molecular weight is 313 g/mol. The summed E-state index contributed by atoms with van der Waals surface area (Å²) >= 11 is 5.98. The summed E-state index contributed by atoms with van der Waals surface area (Å²) < 4.78 is 7.86. The standard InChI is InChI=1S/C13H21ClN4OSi/c1-20(2,3)19-8-6-4-5-7-18-10-17-11-12(14)15-9-16-13(11)18/h9-10H,4-8H2,1-3H3. The van der Waals surface area contributed by atoms with Crippen LogP contribution in [0.3, 0.4) is 0 Å². The van der Waals surface area contributed by atoms with Gasteiger partial charge < -0.3 is 8.99 Å². The van der Waals surface area contributed by atoms with Gasteiger partial charge in [-0.25, -0.2) is 15.0 Å². The average Bonchev–Trinajstić information content (AvgIpc) is 2.77. The molecule has 0 radical (unpaired) electrons. The predicted octanol–water partition coefficient (Wildman–Crippen LogP) is 3.50. The molecule has 5 nitrogen and oxygen atoms in total. The Morgan fingerprint density at radius 2 is 1.95 bits per heavy atom. The molecule has 0 bridgehead atoms. The van der Waals surface area contributed by atoms with Crippen molar-refractivity contribution in [2.75, 3.05) is 6.61 Å². The third kappa shape index (κ3) is 4.26. The molecule has 7 heteroatoms. The van der Waals surface area contributed by atoms with Gasteiger partial charge in [0, 0.05) is 13.2 Å². The molecule has 0 aliphatic heterocycles. The van der Waals surface area contributed by atoms with Crippen LogP contribution < -0.4 is 0 Å². The summed E-state index contributed by atoms with van der Waals surface area (Å²) in [5, 5.41) is 0.414. The maximum Gasteiger partial charge on any atom is 0.183 e. The third-order valence-corrected chi connectivity index (χ3v) is 4.28. The molecule has 2 rings (SSSR count). The molecule has 0 aliphatic carbocycles. The molecule has 0 saturated carbocycles. The molecule has 110 valence electrons. The second-order valence-electron chi connectivity index (χ2n) is 5.80. The van der Waals surface area contributed by atoms with Crippen LogP contribution >= 0.6 is 11.6 Å². The lowest BCUT2D eigenvalue weighted by Crippen LogP contribution is -2.25. The number of rotatable bonds is 7. The van der Waals surface area contributed by atoms with Crippen LogP contribution in [-0.2, 0) is 11.0 Å². The lowest BCUT2D eigenvalue weighted by molar-refractivity contribution is 0.298. The summed E-state index contributed by atoms with van der Waals surface area (Å²) in [6, 6.07) is 0. The highest BCUT2D eigenvalue weighted by atomic mass is 35.5. The summed E-state index contributed by atoms with van der Waals surface area (Å²) in [7, 11) is -1.36. The zero-order valence-electron chi connectivity index (χ0n) is 12.3. The second-order valence-corrected chi connectivity index (χ2v) is 10.7. The number of aromatic nitrogens is 4. The van der Waals surface area contributed by atoms with E-state index in [1.54, 1.807) is 6.33 Å². The van der Waals surface area contributed by atoms with Crippen LogP contribution in [0.1, 0.15) is 19.3 Å². The Morgan fingerprint density at radius 3 is 2.70 bits per heavy atom. The van der Waals surface area contributed by atoms with E-state index >= 15 is 0 Å². The minimum atomic E-state index is -1.36. The van der Waals surface area contributed by atoms with Crippen molar-refractivity contribution in [3.63, 3.8) is 0 Å². The quantitative estimate of drug-likeness (QED) is 0.446. The molecule has 0 saturated heterocycles. The number of hydrogen-bond donors (Lipinski definition) is 0. The molecule has 0 aromatic carbocycles. The highest BCUT2D eigenvalue weighted by molar-refractivity contribution is 6.69. The molecular formula is C13H21ClN4OSi. The lowest BCUT2D eigenvalue weighted by atomic mass is 10.2. The minimum absolute atomic E-state index is 0.414. The van der Waals surface area contributed by atoms with Crippen molar-refractivity contribution >= 4 is 31.1 Å². The summed E-state index contributed by atoms with van der Waals surface area (Å²) in [5.74, 6) is 0. The zero-order chi connectivity index (χ0) is 14.6. The lowest BCUT2D eigenvalue weighted by Gasteiger charge is -2.16. The van der Waals surface area contributed by atoms with Crippen LogP contribution in [-0.4, -0.2) is 34.4 Å². The first-order valence-corrected chi connectivity index (χ1v) is 10.7. The highest BCUT2D eigenvalue weighted by Crippen LogP contribution is 2.17. The van der Waals surface area contributed by atoms with Gasteiger partial charge in [-0.2, -0.15) is 0 Å². The van der Waals surface area contributed by atoms with Gasteiger partial charge in [0.05, 0.1) is 6.33 Å². The minimum Gasteiger partial charge on any atom is -0.418 e. The second kappa shape index (κ2) is 6.65. The van der Waals surface area contributed by atoms with Crippen LogP contribution in [0.25, 0.3) is 11.2 Å². The van der Waals surface area contributed by atoms with Crippen LogP contribution in [0, 0.1) is 0 Å². The SMILES string of the molecule is C[Si](C)(C)OCCCCCn1cnc2c(Cl)ncnc21. The topological polar surface area (TPSA) is 52.8 Å². The van der Waals surface area contributed by atoms with Gasteiger partial charge in [-0.1, -0.05) is 11.6 Å². The van der Waals surface area contributed by atoms with Gasteiger partial charge in [-0.05, 0) is 38.9 Å². The number of halogens is 1. The van der Waals surface area contributed by atoms with E-state index in [9.17, 15) is 0 Å². The molecular weight excluding hydrogens is 292 g/mol. The highest BCUT2D eigenvalue weighted by Gasteiger charge is 2.13. The molecule has 2 heterocycles. The molecule has 0 N–H and O–H groups in total. The van der Waals surface area contributed by atoms with Gasteiger partial charge in [0.1, 0.15) is 11.8 Å². The fraction of sp³-hybridized carbons (Fsp3) is 0.615. The van der Waals surface area contributed by atoms with E-state index in [4.69, 9.17) is 16.0 Å². The van der Waals surface area contributed by atoms with Crippen molar-refractivity contribution in [2.45, 2.75) is 45.4 Å². The van der Waals surface area contributed by atoms with Gasteiger partial charge in [0.25, 0.3) is 0 Å². The van der Waals surface area contributed by atoms with E-state index in [1.165, 1.54) is 6.33 Å². The van der Waals surface area contributed by atoms with Crippen LogP contribution in [0.2, 0.25) is 24.8 Å². The van der Waals surface area contributed by atoms with E-state index in [2.05, 4.69) is 34.6 Å². The van der Waals surface area contributed by atoms with Gasteiger partial charge in [0.15, 0.2) is 19.1 Å². The molecule has 0 atom stereocenters. The van der Waals surface area contributed by atoms with Gasteiger partial charge in [-0.15, -0.1) is 0 Å². The van der Waals surface area contributed by atoms with Crippen LogP contribution in [0.15, 0.2) is 12.7 Å². The van der Waals surface area contributed by atoms with Crippen molar-refractivity contribution in [2.24, 2.45) is 0 Å². The Morgan fingerprint density at radius 1 is 1.15 bits per heavy atom. The van der Waals surface area contributed by atoms with Gasteiger partial charge in [0.2, 0.25) is 0 Å². The maximum atomic E-state index is 5.98. The summed E-state index contributed by atoms with van der Waals surface area (Å²) in [4.78, 5) is 12.4. The predicted molar refractivity (Wildman–Crippen MR) is 83.5 cm³/mol. The first-order chi connectivity index (χ1) is 9.47. The van der Waals surface area contributed by atoms with Crippen molar-refractivity contribution < 1.29 is 4.43 Å². The monoisotopic (exact) mass is 312 g/mol. The molecule has 0 aliphatic rings. The largest absolute Gasteiger partial charge is 0.418 e. The maximum absolute atomic E-state index is 5.98. The van der Waals surface area contributed by atoms with Crippen molar-refractivity contribution in [1.82, 2.24) is 19.5 Å². The fourth-order valence-corrected chi connectivity index (χ4v) is 2.89. The molecule has 0 amide bonds.